The number of nitrogens with one attached hydrogen (secondary N) is 1. The molecule has 4 heteroatoms. The number of anilines is 1. The average molecular weight is 260 g/mol. The van der Waals surface area contributed by atoms with Crippen LogP contribution in [-0.2, 0) is 9.59 Å². The van der Waals surface area contributed by atoms with Crippen LogP contribution in [0.3, 0.4) is 0 Å². The first-order chi connectivity index (χ1) is 8.85. The van der Waals surface area contributed by atoms with Crippen LogP contribution in [0.15, 0.2) is 18.2 Å². The fraction of sp³-hybridized carbons (Fsp3) is 0.467. The molecule has 1 aliphatic heterocycles. The third kappa shape index (κ3) is 2.48. The van der Waals surface area contributed by atoms with E-state index in [2.05, 4.69) is 11.4 Å². The molecule has 19 heavy (non-hydrogen) atoms. The van der Waals surface area contributed by atoms with Crippen molar-refractivity contribution in [3.8, 4) is 0 Å². The SMILES string of the molecule is CCC1(C)NC(=O)CN(c2cc(C)cc(C)c2)C1=O. The average Bonchev–Trinajstić information content (AvgIpc) is 2.32. The van der Waals surface area contributed by atoms with Gasteiger partial charge in [0, 0.05) is 5.69 Å². The van der Waals surface area contributed by atoms with Crippen molar-refractivity contribution in [1.82, 2.24) is 5.32 Å². The van der Waals surface area contributed by atoms with E-state index in [0.717, 1.165) is 16.8 Å². The molecule has 2 amide bonds. The Hall–Kier alpha value is -1.84. The van der Waals surface area contributed by atoms with E-state index >= 15 is 0 Å². The Labute approximate surface area is 113 Å². The van der Waals surface area contributed by atoms with Gasteiger partial charge in [-0.05, 0) is 50.5 Å². The zero-order valence-electron chi connectivity index (χ0n) is 11.9. The van der Waals surface area contributed by atoms with Crippen LogP contribution in [-0.4, -0.2) is 23.9 Å². The molecule has 1 saturated heterocycles. The lowest BCUT2D eigenvalue weighted by atomic mass is 9.93. The minimum atomic E-state index is -0.799. The third-order valence-corrected chi connectivity index (χ3v) is 3.66. The molecular formula is C15H20N2O2. The number of amides is 2. The molecule has 0 saturated carbocycles. The van der Waals surface area contributed by atoms with Gasteiger partial charge >= 0.3 is 0 Å². The van der Waals surface area contributed by atoms with Crippen molar-refractivity contribution in [3.05, 3.63) is 29.3 Å². The summed E-state index contributed by atoms with van der Waals surface area (Å²) >= 11 is 0. The zero-order valence-corrected chi connectivity index (χ0v) is 11.9. The number of hydrogen-bond donors (Lipinski definition) is 1. The van der Waals surface area contributed by atoms with E-state index in [1.165, 1.54) is 0 Å². The molecule has 1 N–H and O–H groups in total. The van der Waals surface area contributed by atoms with E-state index in [1.54, 1.807) is 11.8 Å². The molecule has 0 radical (unpaired) electrons. The van der Waals surface area contributed by atoms with Crippen molar-refractivity contribution < 1.29 is 9.59 Å². The van der Waals surface area contributed by atoms with Crippen LogP contribution in [0.5, 0.6) is 0 Å². The van der Waals surface area contributed by atoms with Crippen LogP contribution in [0.2, 0.25) is 0 Å². The van der Waals surface area contributed by atoms with Crippen molar-refractivity contribution in [2.24, 2.45) is 0 Å². The Morgan fingerprint density at radius 1 is 1.21 bits per heavy atom. The lowest BCUT2D eigenvalue weighted by molar-refractivity contribution is -0.135. The summed E-state index contributed by atoms with van der Waals surface area (Å²) in [5.41, 5.74) is 2.18. The number of aryl methyl sites for hydroxylation is 2. The van der Waals surface area contributed by atoms with Crippen molar-refractivity contribution >= 4 is 17.5 Å². The molecule has 0 aromatic heterocycles. The smallest absolute Gasteiger partial charge is 0.252 e. The van der Waals surface area contributed by atoms with Gasteiger partial charge < -0.3 is 10.2 Å². The van der Waals surface area contributed by atoms with Crippen LogP contribution in [0.25, 0.3) is 0 Å². The number of carbonyl (C=O) groups excluding carboxylic acids is 2. The molecule has 1 aromatic carbocycles. The molecule has 1 heterocycles. The van der Waals surface area contributed by atoms with E-state index in [9.17, 15) is 9.59 Å². The number of piperazine rings is 1. The standard InChI is InChI=1S/C15H20N2O2/c1-5-15(4)14(19)17(9-13(18)16-15)12-7-10(2)6-11(3)8-12/h6-8H,5,9H2,1-4H3,(H,16,18). The highest BCUT2D eigenvalue weighted by atomic mass is 16.2. The van der Waals surface area contributed by atoms with Crippen LogP contribution in [0.4, 0.5) is 5.69 Å². The molecular weight excluding hydrogens is 240 g/mol. The first-order valence-corrected chi connectivity index (χ1v) is 6.57. The Morgan fingerprint density at radius 3 is 2.32 bits per heavy atom. The van der Waals surface area contributed by atoms with Gasteiger partial charge in [-0.1, -0.05) is 13.0 Å². The highest BCUT2D eigenvalue weighted by Crippen LogP contribution is 2.25. The molecule has 2 rings (SSSR count). The predicted molar refractivity (Wildman–Crippen MR) is 75.1 cm³/mol. The van der Waals surface area contributed by atoms with Crippen LogP contribution >= 0.6 is 0 Å². The third-order valence-electron chi connectivity index (χ3n) is 3.66. The van der Waals surface area contributed by atoms with Crippen molar-refractivity contribution in [3.63, 3.8) is 0 Å². The first kappa shape index (κ1) is 13.6. The van der Waals surface area contributed by atoms with Gasteiger partial charge in [0.1, 0.15) is 12.1 Å². The second kappa shape index (κ2) is 4.68. The molecule has 1 fully saturated rings. The minimum Gasteiger partial charge on any atom is -0.340 e. The highest BCUT2D eigenvalue weighted by molar-refractivity contribution is 6.08. The molecule has 1 aliphatic rings. The number of carbonyl (C=O) groups is 2. The van der Waals surface area contributed by atoms with E-state index in [1.807, 2.05) is 32.9 Å². The van der Waals surface area contributed by atoms with Crippen molar-refractivity contribution in [2.75, 3.05) is 11.4 Å². The molecule has 0 spiro atoms. The van der Waals surface area contributed by atoms with E-state index < -0.39 is 5.54 Å². The molecule has 102 valence electrons. The summed E-state index contributed by atoms with van der Waals surface area (Å²) in [6.07, 6.45) is 0.582. The fourth-order valence-corrected chi connectivity index (χ4v) is 2.47. The summed E-state index contributed by atoms with van der Waals surface area (Å²) in [4.78, 5) is 26.0. The number of hydrogen-bond acceptors (Lipinski definition) is 2. The summed E-state index contributed by atoms with van der Waals surface area (Å²) in [7, 11) is 0. The monoisotopic (exact) mass is 260 g/mol. The Kier molecular flexibility index (Phi) is 3.35. The highest BCUT2D eigenvalue weighted by Gasteiger charge is 2.42. The van der Waals surface area contributed by atoms with Gasteiger partial charge in [-0.2, -0.15) is 0 Å². The maximum absolute atomic E-state index is 12.6. The number of benzene rings is 1. The summed E-state index contributed by atoms with van der Waals surface area (Å²) in [6, 6.07) is 5.94. The Balaban J connectivity index is 2.43. The molecule has 0 aliphatic carbocycles. The predicted octanol–water partition coefficient (Wildman–Crippen LogP) is 1.93. The van der Waals surface area contributed by atoms with Crippen LogP contribution in [0, 0.1) is 13.8 Å². The normalized spacial score (nSPS) is 23.5. The summed E-state index contributed by atoms with van der Waals surface area (Å²) in [5, 5.41) is 2.79. The van der Waals surface area contributed by atoms with E-state index in [0.29, 0.717) is 6.42 Å². The summed E-state index contributed by atoms with van der Waals surface area (Å²) < 4.78 is 0. The largest absolute Gasteiger partial charge is 0.340 e. The summed E-state index contributed by atoms with van der Waals surface area (Å²) in [6.45, 7) is 7.76. The van der Waals surface area contributed by atoms with Gasteiger partial charge in [-0.15, -0.1) is 0 Å². The molecule has 1 aromatic rings. The van der Waals surface area contributed by atoms with Gasteiger partial charge in [0.25, 0.3) is 5.91 Å². The maximum Gasteiger partial charge on any atom is 0.252 e. The topological polar surface area (TPSA) is 49.4 Å². The fourth-order valence-electron chi connectivity index (χ4n) is 2.47. The summed E-state index contributed by atoms with van der Waals surface area (Å²) in [5.74, 6) is -0.150. The van der Waals surface area contributed by atoms with Gasteiger partial charge in [0.2, 0.25) is 5.91 Å². The van der Waals surface area contributed by atoms with Gasteiger partial charge in [-0.25, -0.2) is 0 Å². The van der Waals surface area contributed by atoms with E-state index in [4.69, 9.17) is 0 Å². The number of rotatable bonds is 2. The second-order valence-electron chi connectivity index (χ2n) is 5.47. The van der Waals surface area contributed by atoms with Crippen LogP contribution in [0.1, 0.15) is 31.4 Å². The lowest BCUT2D eigenvalue weighted by Gasteiger charge is -2.39. The zero-order chi connectivity index (χ0) is 14.2. The Bertz CT molecular complexity index is 519. The molecule has 1 unspecified atom stereocenters. The van der Waals surface area contributed by atoms with E-state index in [-0.39, 0.29) is 18.4 Å². The molecule has 4 nitrogen and oxygen atoms in total. The lowest BCUT2D eigenvalue weighted by Crippen LogP contribution is -2.65. The minimum absolute atomic E-state index is 0.0420. The molecule has 0 bridgehead atoms. The van der Waals surface area contributed by atoms with Gasteiger partial charge in [0.15, 0.2) is 0 Å². The first-order valence-electron chi connectivity index (χ1n) is 6.57. The van der Waals surface area contributed by atoms with Crippen molar-refractivity contribution in [2.45, 2.75) is 39.7 Å². The van der Waals surface area contributed by atoms with Gasteiger partial charge in [0.05, 0.1) is 0 Å². The van der Waals surface area contributed by atoms with Gasteiger partial charge in [-0.3, -0.25) is 9.59 Å². The quantitative estimate of drug-likeness (QED) is 0.883. The molecule has 1 atom stereocenters. The van der Waals surface area contributed by atoms with Crippen molar-refractivity contribution in [1.29, 1.82) is 0 Å². The number of nitrogens with zero attached hydrogens (tertiary/aromatic N) is 1. The second-order valence-corrected chi connectivity index (χ2v) is 5.47. The Morgan fingerprint density at radius 2 is 1.79 bits per heavy atom. The maximum atomic E-state index is 12.6. The van der Waals surface area contributed by atoms with Crippen LogP contribution < -0.4 is 10.2 Å².